The summed E-state index contributed by atoms with van der Waals surface area (Å²) in [6, 6.07) is 16.0. The maximum absolute atomic E-state index is 16.1. The van der Waals surface area contributed by atoms with Gasteiger partial charge in [-0.2, -0.15) is 8.78 Å². The van der Waals surface area contributed by atoms with Crippen molar-refractivity contribution in [1.82, 2.24) is 30.2 Å². The number of piperazine rings is 1. The molecule has 5 aromatic rings. The van der Waals surface area contributed by atoms with E-state index in [2.05, 4.69) is 35.3 Å². The van der Waals surface area contributed by atoms with Gasteiger partial charge in [0.05, 0.1) is 30.2 Å². The Hall–Kier alpha value is -4.95. The molecule has 0 radical (unpaired) electrons. The fourth-order valence-corrected chi connectivity index (χ4v) is 5.71. The quantitative estimate of drug-likeness (QED) is 0.205. The maximum Gasteiger partial charge on any atom is 0.323 e. The first-order valence-electron chi connectivity index (χ1n) is 15.1. The zero-order valence-electron chi connectivity index (χ0n) is 25.4. The van der Waals surface area contributed by atoms with Crippen molar-refractivity contribution >= 4 is 11.4 Å². The minimum absolute atomic E-state index is 0.423. The molecule has 3 aromatic heterocycles. The number of aliphatic hydroxyl groups excluding tert-OH is 1. The first-order chi connectivity index (χ1) is 22.6. The normalized spacial score (nSPS) is 15.8. The first-order valence-corrected chi connectivity index (χ1v) is 15.1. The van der Waals surface area contributed by atoms with Crippen LogP contribution < -0.4 is 9.80 Å². The SMILES string of the molecule is CCC(O)c1ccc(N2CCN(c3ccc(-c4ccc(C(F)(F)C(O)(Cn5cnnn5)c5ccc(F)cc5F)nc4)cc3)CC2)cn1. The molecule has 4 heterocycles. The van der Waals surface area contributed by atoms with Crippen LogP contribution in [-0.2, 0) is 18.1 Å². The van der Waals surface area contributed by atoms with Gasteiger partial charge in [-0.1, -0.05) is 25.1 Å². The third kappa shape index (κ3) is 6.38. The molecule has 1 saturated heterocycles. The number of benzene rings is 2. The molecule has 0 amide bonds. The summed E-state index contributed by atoms with van der Waals surface area (Å²) in [5.41, 5.74) is -0.882. The summed E-state index contributed by atoms with van der Waals surface area (Å²) in [7, 11) is 0. The lowest BCUT2D eigenvalue weighted by atomic mass is 9.84. The van der Waals surface area contributed by atoms with Crippen LogP contribution in [0.4, 0.5) is 28.9 Å². The molecule has 1 aliphatic rings. The van der Waals surface area contributed by atoms with Gasteiger partial charge in [-0.3, -0.25) is 9.97 Å². The first kappa shape index (κ1) is 32.0. The van der Waals surface area contributed by atoms with E-state index in [4.69, 9.17) is 0 Å². The van der Waals surface area contributed by atoms with E-state index in [1.807, 2.05) is 43.3 Å². The Labute approximate surface area is 267 Å². The summed E-state index contributed by atoms with van der Waals surface area (Å²) in [4.78, 5) is 12.9. The highest BCUT2D eigenvalue weighted by molar-refractivity contribution is 5.66. The standard InChI is InChI=1S/C33H32F4N8O2/c1-2-30(46)29-11-9-26(19-38-29)44-15-13-43(14-16-44)25-7-3-22(4-8-25)23-5-12-31(39-18-23)33(36,37)32(47,20-45-21-40-41-42-45)27-10-6-24(34)17-28(27)35/h3-12,17-19,21,30,46-47H,2,13-16,20H2,1H3. The monoisotopic (exact) mass is 648 g/mol. The number of alkyl halides is 2. The van der Waals surface area contributed by atoms with Crippen LogP contribution in [0.15, 0.2) is 85.5 Å². The average molecular weight is 649 g/mol. The summed E-state index contributed by atoms with van der Waals surface area (Å²) in [6.07, 6.45) is 4.10. The third-order valence-electron chi connectivity index (χ3n) is 8.47. The summed E-state index contributed by atoms with van der Waals surface area (Å²) in [5.74, 6) is -6.48. The van der Waals surface area contributed by atoms with Crippen molar-refractivity contribution in [3.8, 4) is 11.1 Å². The molecule has 1 fully saturated rings. The van der Waals surface area contributed by atoms with Crippen LogP contribution in [0.1, 0.15) is 36.4 Å². The molecular weight excluding hydrogens is 616 g/mol. The number of halogens is 4. The van der Waals surface area contributed by atoms with Gasteiger partial charge in [0.1, 0.15) is 23.7 Å². The number of rotatable bonds is 10. The summed E-state index contributed by atoms with van der Waals surface area (Å²) in [6.45, 7) is 4.13. The Kier molecular flexibility index (Phi) is 8.88. The summed E-state index contributed by atoms with van der Waals surface area (Å²) in [5, 5.41) is 31.7. The molecule has 0 saturated carbocycles. The molecule has 2 unspecified atom stereocenters. The van der Waals surface area contributed by atoms with Crippen molar-refractivity contribution in [1.29, 1.82) is 0 Å². The third-order valence-corrected chi connectivity index (χ3v) is 8.47. The van der Waals surface area contributed by atoms with Gasteiger partial charge in [-0.15, -0.1) is 5.10 Å². The van der Waals surface area contributed by atoms with E-state index in [0.717, 1.165) is 72.3 Å². The zero-order valence-corrected chi connectivity index (χ0v) is 25.4. The van der Waals surface area contributed by atoms with Crippen LogP contribution in [-0.4, -0.2) is 66.6 Å². The van der Waals surface area contributed by atoms with Crippen molar-refractivity contribution < 1.29 is 27.8 Å². The van der Waals surface area contributed by atoms with Crippen LogP contribution >= 0.6 is 0 Å². The molecule has 244 valence electrons. The highest BCUT2D eigenvalue weighted by atomic mass is 19.3. The lowest BCUT2D eigenvalue weighted by Crippen LogP contribution is -2.48. The second-order valence-corrected chi connectivity index (χ2v) is 11.4. The minimum Gasteiger partial charge on any atom is -0.387 e. The van der Waals surface area contributed by atoms with Crippen LogP contribution in [0.3, 0.4) is 0 Å². The average Bonchev–Trinajstić information content (AvgIpc) is 3.61. The molecule has 10 nitrogen and oxygen atoms in total. The van der Waals surface area contributed by atoms with Gasteiger partial charge in [0.15, 0.2) is 5.60 Å². The molecule has 6 rings (SSSR count). The lowest BCUT2D eigenvalue weighted by Gasteiger charge is -2.37. The highest BCUT2D eigenvalue weighted by Gasteiger charge is 2.58. The van der Waals surface area contributed by atoms with Gasteiger partial charge in [0.2, 0.25) is 0 Å². The van der Waals surface area contributed by atoms with Gasteiger partial charge in [0.25, 0.3) is 0 Å². The van der Waals surface area contributed by atoms with E-state index in [1.54, 1.807) is 6.20 Å². The number of hydrogen-bond donors (Lipinski definition) is 2. The predicted octanol–water partition coefficient (Wildman–Crippen LogP) is 4.86. The summed E-state index contributed by atoms with van der Waals surface area (Å²) >= 11 is 0. The Morgan fingerprint density at radius 3 is 2.09 bits per heavy atom. The van der Waals surface area contributed by atoms with E-state index in [-0.39, 0.29) is 0 Å². The van der Waals surface area contributed by atoms with E-state index < -0.39 is 47.1 Å². The molecule has 1 aliphatic heterocycles. The van der Waals surface area contributed by atoms with Gasteiger partial charge >= 0.3 is 5.92 Å². The molecule has 0 bridgehead atoms. The summed E-state index contributed by atoms with van der Waals surface area (Å²) < 4.78 is 61.4. The van der Waals surface area contributed by atoms with Crippen LogP contribution in [0, 0.1) is 11.6 Å². The van der Waals surface area contributed by atoms with Crippen molar-refractivity contribution in [3.05, 3.63) is 114 Å². The molecule has 2 aromatic carbocycles. The number of aromatic nitrogens is 6. The second-order valence-electron chi connectivity index (χ2n) is 11.4. The minimum atomic E-state index is -4.14. The molecule has 47 heavy (non-hydrogen) atoms. The molecule has 0 spiro atoms. The largest absolute Gasteiger partial charge is 0.387 e. The van der Waals surface area contributed by atoms with Crippen LogP contribution in [0.2, 0.25) is 0 Å². The van der Waals surface area contributed by atoms with Crippen molar-refractivity contribution in [3.63, 3.8) is 0 Å². The maximum atomic E-state index is 16.1. The zero-order chi connectivity index (χ0) is 33.2. The molecular formula is C33H32F4N8O2. The predicted molar refractivity (Wildman–Crippen MR) is 166 cm³/mol. The van der Waals surface area contributed by atoms with Crippen molar-refractivity contribution in [2.45, 2.75) is 37.5 Å². The number of pyridine rings is 2. The fraction of sp³-hybridized carbons (Fsp3) is 0.303. The Balaban J connectivity index is 1.15. The van der Waals surface area contributed by atoms with Crippen LogP contribution in [0.25, 0.3) is 11.1 Å². The van der Waals surface area contributed by atoms with Gasteiger partial charge in [-0.05, 0) is 64.9 Å². The van der Waals surface area contributed by atoms with Gasteiger partial charge in [0, 0.05) is 55.3 Å². The molecule has 2 atom stereocenters. The number of aliphatic hydroxyl groups is 2. The Morgan fingerprint density at radius 1 is 0.830 bits per heavy atom. The number of anilines is 2. The van der Waals surface area contributed by atoms with Crippen molar-refractivity contribution in [2.24, 2.45) is 0 Å². The number of tetrazole rings is 1. The fourth-order valence-electron chi connectivity index (χ4n) is 5.71. The number of nitrogens with zero attached hydrogens (tertiary/aromatic N) is 8. The van der Waals surface area contributed by atoms with Crippen LogP contribution in [0.5, 0.6) is 0 Å². The van der Waals surface area contributed by atoms with Crippen molar-refractivity contribution in [2.75, 3.05) is 36.0 Å². The Morgan fingerprint density at radius 2 is 1.51 bits per heavy atom. The Bertz CT molecular complexity index is 1780. The highest BCUT2D eigenvalue weighted by Crippen LogP contribution is 2.47. The van der Waals surface area contributed by atoms with E-state index >= 15 is 8.78 Å². The van der Waals surface area contributed by atoms with E-state index in [0.29, 0.717) is 23.7 Å². The molecule has 14 heteroatoms. The van der Waals surface area contributed by atoms with Gasteiger partial charge < -0.3 is 20.0 Å². The second kappa shape index (κ2) is 13.0. The molecule has 2 N–H and O–H groups in total. The van der Waals surface area contributed by atoms with E-state index in [1.165, 1.54) is 12.3 Å². The lowest BCUT2D eigenvalue weighted by molar-refractivity contribution is -0.207. The van der Waals surface area contributed by atoms with Gasteiger partial charge in [-0.25, -0.2) is 13.5 Å². The topological polar surface area (TPSA) is 116 Å². The molecule has 0 aliphatic carbocycles. The smallest absolute Gasteiger partial charge is 0.323 e. The number of hydrogen-bond acceptors (Lipinski definition) is 9. The van der Waals surface area contributed by atoms with E-state index in [9.17, 15) is 19.0 Å².